The number of sulfone groups is 1. The van der Waals surface area contributed by atoms with E-state index < -0.39 is 28.2 Å². The predicted molar refractivity (Wildman–Crippen MR) is 141 cm³/mol. The van der Waals surface area contributed by atoms with Gasteiger partial charge in [-0.25, -0.2) is 13.2 Å². The molecule has 2 unspecified atom stereocenters. The third-order valence-corrected chi connectivity index (χ3v) is 7.85. The van der Waals surface area contributed by atoms with Crippen LogP contribution in [0.15, 0.2) is 77.7 Å². The number of likely N-dealkylation sites (tertiary alicyclic amines) is 1. The predicted octanol–water partition coefficient (Wildman–Crippen LogP) is 6.13. The van der Waals surface area contributed by atoms with E-state index in [0.717, 1.165) is 17.4 Å². The van der Waals surface area contributed by atoms with E-state index in [-0.39, 0.29) is 30.4 Å². The molecule has 11 heteroatoms. The van der Waals surface area contributed by atoms with Gasteiger partial charge in [-0.15, -0.1) is 0 Å². The first-order valence-electron chi connectivity index (χ1n) is 12.2. The highest BCUT2D eigenvalue weighted by molar-refractivity contribution is 7.90. The van der Waals surface area contributed by atoms with Crippen LogP contribution in [0.3, 0.4) is 0 Å². The van der Waals surface area contributed by atoms with Crippen LogP contribution >= 0.6 is 11.6 Å². The largest absolute Gasteiger partial charge is 0.493 e. The number of ether oxygens (including phenoxy) is 2. The van der Waals surface area contributed by atoms with Gasteiger partial charge in [0.15, 0.2) is 16.1 Å². The highest BCUT2D eigenvalue weighted by atomic mass is 35.5. The molecule has 0 radical (unpaired) electrons. The summed E-state index contributed by atoms with van der Waals surface area (Å²) >= 11 is 5.93. The van der Waals surface area contributed by atoms with Gasteiger partial charge < -0.3 is 9.47 Å². The number of hydrogen-bond donors (Lipinski definition) is 0. The van der Waals surface area contributed by atoms with Gasteiger partial charge in [-0.1, -0.05) is 54.1 Å². The average Bonchev–Trinajstić information content (AvgIpc) is 2.89. The molecule has 3 aromatic carbocycles. The van der Waals surface area contributed by atoms with Crippen LogP contribution in [0.5, 0.6) is 5.75 Å². The molecule has 0 N–H and O–H groups in total. The van der Waals surface area contributed by atoms with E-state index in [1.165, 1.54) is 6.07 Å². The number of halogens is 4. The van der Waals surface area contributed by atoms with Gasteiger partial charge >= 0.3 is 12.1 Å². The second-order valence-corrected chi connectivity index (χ2v) is 11.9. The van der Waals surface area contributed by atoms with Crippen LogP contribution in [-0.2, 0) is 25.9 Å². The molecule has 1 saturated heterocycles. The fraction of sp³-hybridized carbons (Fsp3) is 0.321. The number of rotatable bonds is 8. The second-order valence-electron chi connectivity index (χ2n) is 9.45. The van der Waals surface area contributed by atoms with Gasteiger partial charge in [0.1, 0.15) is 5.75 Å². The Bertz CT molecular complexity index is 1400. The van der Waals surface area contributed by atoms with Gasteiger partial charge in [-0.2, -0.15) is 13.2 Å². The Morgan fingerprint density at radius 1 is 1.05 bits per heavy atom. The topological polar surface area (TPSA) is 72.9 Å². The zero-order valence-corrected chi connectivity index (χ0v) is 22.6. The Morgan fingerprint density at radius 2 is 1.74 bits per heavy atom. The van der Waals surface area contributed by atoms with Gasteiger partial charge in [0.05, 0.1) is 11.5 Å². The van der Waals surface area contributed by atoms with Gasteiger partial charge in [0, 0.05) is 36.4 Å². The van der Waals surface area contributed by atoms with Crippen molar-refractivity contribution in [1.82, 2.24) is 4.90 Å². The van der Waals surface area contributed by atoms with Crippen LogP contribution in [-0.4, -0.2) is 51.1 Å². The second kappa shape index (κ2) is 12.0. The molecule has 4 rings (SSSR count). The van der Waals surface area contributed by atoms with E-state index >= 15 is 0 Å². The fourth-order valence-electron chi connectivity index (χ4n) is 4.48. The maximum atomic E-state index is 13.0. The van der Waals surface area contributed by atoms with Gasteiger partial charge in [0.2, 0.25) is 0 Å². The third-order valence-electron chi connectivity index (χ3n) is 6.46. The normalized spacial score (nSPS) is 18.5. The summed E-state index contributed by atoms with van der Waals surface area (Å²) in [7, 11) is -3.58. The smallest absolute Gasteiger partial charge is 0.490 e. The van der Waals surface area contributed by atoms with Crippen molar-refractivity contribution in [3.8, 4) is 16.9 Å². The average molecular weight is 582 g/mol. The van der Waals surface area contributed by atoms with Crippen LogP contribution in [0.2, 0.25) is 5.02 Å². The van der Waals surface area contributed by atoms with E-state index in [2.05, 4.69) is 0 Å². The Hall–Kier alpha value is -3.08. The lowest BCUT2D eigenvalue weighted by Crippen LogP contribution is -2.47. The molecule has 0 bridgehead atoms. The van der Waals surface area contributed by atoms with Gasteiger partial charge in [-0.05, 0) is 53.8 Å². The van der Waals surface area contributed by atoms with Crippen molar-refractivity contribution in [3.63, 3.8) is 0 Å². The van der Waals surface area contributed by atoms with E-state index in [9.17, 15) is 26.4 Å². The number of carbonyl (C=O) groups excluding carboxylic acids is 1. The van der Waals surface area contributed by atoms with E-state index in [4.69, 9.17) is 21.1 Å². The van der Waals surface area contributed by atoms with E-state index in [1.54, 1.807) is 41.3 Å². The summed E-state index contributed by atoms with van der Waals surface area (Å²) in [5.74, 6) is -2.15. The number of piperidine rings is 1. The molecule has 1 aliphatic heterocycles. The van der Waals surface area contributed by atoms with Crippen LogP contribution in [0, 0.1) is 5.92 Å². The molecule has 2 atom stereocenters. The highest BCUT2D eigenvalue weighted by Gasteiger charge is 2.44. The number of alkyl halides is 3. The molecule has 0 spiro atoms. The zero-order valence-electron chi connectivity index (χ0n) is 21.0. The molecule has 1 heterocycles. The molecular weight excluding hydrogens is 555 g/mol. The summed E-state index contributed by atoms with van der Waals surface area (Å²) in [6.45, 7) is 0.760. The lowest BCUT2D eigenvalue weighted by Gasteiger charge is -2.38. The third kappa shape index (κ3) is 7.74. The number of nitrogens with zero attached hydrogens (tertiary/aromatic N) is 1. The Kier molecular flexibility index (Phi) is 8.88. The number of hydrogen-bond acceptors (Lipinski definition) is 6. The number of esters is 1. The lowest BCUT2D eigenvalue weighted by atomic mass is 9.95. The summed E-state index contributed by atoms with van der Waals surface area (Å²) in [4.78, 5) is 13.5. The summed E-state index contributed by atoms with van der Waals surface area (Å²) in [5, 5.41) is 0.533. The molecule has 1 aliphatic rings. The molecule has 3 aromatic rings. The van der Waals surface area contributed by atoms with Crippen molar-refractivity contribution in [2.75, 3.05) is 19.4 Å². The highest BCUT2D eigenvalue weighted by Crippen LogP contribution is 2.33. The first-order valence-corrected chi connectivity index (χ1v) is 14.5. The number of carbonyl (C=O) groups is 1. The van der Waals surface area contributed by atoms with Crippen molar-refractivity contribution in [3.05, 3.63) is 83.4 Å². The summed E-state index contributed by atoms with van der Waals surface area (Å²) in [6, 6.07) is 20.8. The molecule has 208 valence electrons. The molecular formula is C28H27ClF3NO5S. The number of benzene rings is 3. The van der Waals surface area contributed by atoms with Crippen molar-refractivity contribution >= 4 is 27.4 Å². The van der Waals surface area contributed by atoms with Crippen LogP contribution < -0.4 is 4.74 Å². The Morgan fingerprint density at radius 3 is 2.38 bits per heavy atom. The monoisotopic (exact) mass is 581 g/mol. The minimum atomic E-state index is -5.11. The standard InChI is InChI=1S/C28H27ClF3NO5S/c1-39(35,36)25-16-23(11-12-24(25)21-5-3-2-4-6-21)37-18-20-13-14-33(17-19-7-9-22(29)10-8-19)26(15-20)38-27(34)28(30,31)32/h2-12,16,20,26H,13-15,17-18H2,1H3. The fourth-order valence-corrected chi connectivity index (χ4v) is 5.53. The zero-order chi connectivity index (χ0) is 28.2. The summed E-state index contributed by atoms with van der Waals surface area (Å²) < 4.78 is 74.7. The summed E-state index contributed by atoms with van der Waals surface area (Å²) in [6.07, 6.45) is -4.40. The Labute approximate surface area is 230 Å². The minimum Gasteiger partial charge on any atom is -0.493 e. The molecule has 6 nitrogen and oxygen atoms in total. The van der Waals surface area contributed by atoms with Gasteiger partial charge in [0.25, 0.3) is 0 Å². The van der Waals surface area contributed by atoms with Crippen molar-refractivity contribution < 1.29 is 35.9 Å². The quantitative estimate of drug-likeness (QED) is 0.298. The van der Waals surface area contributed by atoms with Crippen LogP contribution in [0.1, 0.15) is 18.4 Å². The lowest BCUT2D eigenvalue weighted by molar-refractivity contribution is -0.217. The Balaban J connectivity index is 1.48. The maximum Gasteiger partial charge on any atom is 0.490 e. The van der Waals surface area contributed by atoms with Crippen molar-refractivity contribution in [2.24, 2.45) is 5.92 Å². The van der Waals surface area contributed by atoms with Crippen LogP contribution in [0.4, 0.5) is 13.2 Å². The summed E-state index contributed by atoms with van der Waals surface area (Å²) in [5.41, 5.74) is 2.10. The minimum absolute atomic E-state index is 0.112. The first kappa shape index (κ1) is 28.9. The molecule has 39 heavy (non-hydrogen) atoms. The van der Waals surface area contributed by atoms with Gasteiger partial charge in [-0.3, -0.25) is 4.90 Å². The van der Waals surface area contributed by atoms with E-state index in [1.807, 2.05) is 30.3 Å². The SMILES string of the molecule is CS(=O)(=O)c1cc(OCC2CCN(Cc3ccc(Cl)cc3)C(OC(=O)C(F)(F)F)C2)ccc1-c1ccccc1. The molecule has 0 saturated carbocycles. The van der Waals surface area contributed by atoms with Crippen LogP contribution in [0.25, 0.3) is 11.1 Å². The van der Waals surface area contributed by atoms with Crippen molar-refractivity contribution in [1.29, 1.82) is 0 Å². The molecule has 0 aliphatic carbocycles. The van der Waals surface area contributed by atoms with E-state index in [0.29, 0.717) is 29.3 Å². The maximum absolute atomic E-state index is 13.0. The first-order chi connectivity index (χ1) is 18.4. The molecule has 0 aromatic heterocycles. The molecule has 0 amide bonds. The van der Waals surface area contributed by atoms with Crippen molar-refractivity contribution in [2.45, 2.75) is 36.7 Å². The molecule has 1 fully saturated rings.